The van der Waals surface area contributed by atoms with Crippen molar-refractivity contribution >= 4 is 28.9 Å². The summed E-state index contributed by atoms with van der Waals surface area (Å²) in [5, 5.41) is 16.0. The number of carboxylic acid groups (broad SMARTS) is 1. The molecule has 7 rings (SSSR count). The summed E-state index contributed by atoms with van der Waals surface area (Å²) in [5.74, 6) is -1.63. The first-order valence-electron chi connectivity index (χ1n) is 12.7. The molecule has 1 aliphatic heterocycles. The average molecular weight is 517 g/mol. The minimum absolute atomic E-state index is 0.00910. The van der Waals surface area contributed by atoms with Crippen LogP contribution in [0.2, 0.25) is 0 Å². The van der Waals surface area contributed by atoms with Gasteiger partial charge in [0.15, 0.2) is 5.65 Å². The minimum Gasteiger partial charge on any atom is -0.481 e. The zero-order valence-electron chi connectivity index (χ0n) is 20.2. The van der Waals surface area contributed by atoms with E-state index in [1.165, 1.54) is 16.5 Å². The highest BCUT2D eigenvalue weighted by atomic mass is 32.1. The number of fused-ring (bicyclic) bond motifs is 2. The van der Waals surface area contributed by atoms with Crippen molar-refractivity contribution in [3.05, 3.63) is 75.0 Å². The van der Waals surface area contributed by atoms with Gasteiger partial charge >= 0.3 is 5.97 Å². The van der Waals surface area contributed by atoms with E-state index in [1.54, 1.807) is 34.1 Å². The topological polar surface area (TPSA) is 87.8 Å². The SMILES string of the molecule is CC1c2ccsc2CCN1C(=O)c1cc(C2CC2)n2nc(-c3ccc(C4CC4C(=O)O)cc3F)cc2n1. The molecule has 1 aromatic carbocycles. The molecule has 3 unspecified atom stereocenters. The van der Waals surface area contributed by atoms with E-state index >= 15 is 4.39 Å². The Labute approximate surface area is 216 Å². The van der Waals surface area contributed by atoms with E-state index in [-0.39, 0.29) is 17.9 Å². The standard InChI is InChI=1S/C28H25FN4O3S/c1-14-17-7-9-37-25(17)6-8-32(14)27(34)23-12-24(15-2-3-15)33-26(30-23)13-22(31-33)18-5-4-16(10-21(18)29)19-11-20(19)28(35)36/h4-5,7,9-10,12-15,19-20H,2-3,6,8,11H2,1H3,(H,35,36). The number of halogens is 1. The first-order valence-corrected chi connectivity index (χ1v) is 13.6. The first kappa shape index (κ1) is 22.6. The van der Waals surface area contributed by atoms with E-state index in [0.29, 0.717) is 47.0 Å². The van der Waals surface area contributed by atoms with Gasteiger partial charge in [0.05, 0.1) is 17.7 Å². The van der Waals surface area contributed by atoms with Crippen molar-refractivity contribution < 1.29 is 19.1 Å². The Morgan fingerprint density at radius 2 is 2.00 bits per heavy atom. The highest BCUT2D eigenvalue weighted by molar-refractivity contribution is 7.10. The fourth-order valence-electron chi connectivity index (χ4n) is 5.65. The Morgan fingerprint density at radius 1 is 1.16 bits per heavy atom. The van der Waals surface area contributed by atoms with Crippen LogP contribution in [0.5, 0.6) is 0 Å². The summed E-state index contributed by atoms with van der Waals surface area (Å²) < 4.78 is 16.9. The average Bonchev–Trinajstić information content (AvgIpc) is 3.79. The van der Waals surface area contributed by atoms with Crippen LogP contribution in [0.1, 0.15) is 76.3 Å². The number of benzene rings is 1. The normalized spacial score (nSPS) is 22.8. The molecule has 3 aliphatic rings. The van der Waals surface area contributed by atoms with E-state index in [2.05, 4.69) is 28.5 Å². The number of aromatic nitrogens is 3. The van der Waals surface area contributed by atoms with E-state index in [9.17, 15) is 14.7 Å². The quantitative estimate of drug-likeness (QED) is 0.383. The Bertz CT molecular complexity index is 1590. The van der Waals surface area contributed by atoms with Gasteiger partial charge in [0.1, 0.15) is 11.5 Å². The number of nitrogens with zero attached hydrogens (tertiary/aromatic N) is 4. The van der Waals surface area contributed by atoms with Crippen LogP contribution < -0.4 is 0 Å². The van der Waals surface area contributed by atoms with Gasteiger partial charge in [-0.25, -0.2) is 13.9 Å². The third-order valence-corrected chi connectivity index (χ3v) is 9.01. The molecule has 0 bridgehead atoms. The summed E-state index contributed by atoms with van der Waals surface area (Å²) >= 11 is 1.74. The van der Waals surface area contributed by atoms with Gasteiger partial charge in [-0.3, -0.25) is 9.59 Å². The molecular formula is C28H25FN4O3S. The lowest BCUT2D eigenvalue weighted by atomic mass is 10.0. The Kier molecular flexibility index (Phi) is 5.01. The lowest BCUT2D eigenvalue weighted by Crippen LogP contribution is -2.38. The maximum Gasteiger partial charge on any atom is 0.307 e. The monoisotopic (exact) mass is 516 g/mol. The second-order valence-corrected chi connectivity index (χ2v) is 11.4. The van der Waals surface area contributed by atoms with Crippen molar-refractivity contribution in [2.24, 2.45) is 5.92 Å². The van der Waals surface area contributed by atoms with Crippen LogP contribution in [0.4, 0.5) is 4.39 Å². The van der Waals surface area contributed by atoms with Crippen molar-refractivity contribution in [2.75, 3.05) is 6.54 Å². The number of carboxylic acids is 1. The molecule has 3 atom stereocenters. The third-order valence-electron chi connectivity index (χ3n) is 8.01. The van der Waals surface area contributed by atoms with Gasteiger partial charge in [-0.15, -0.1) is 11.3 Å². The first-order chi connectivity index (χ1) is 17.9. The van der Waals surface area contributed by atoms with E-state index in [4.69, 9.17) is 0 Å². The molecule has 2 saturated carbocycles. The van der Waals surface area contributed by atoms with Crippen LogP contribution in [0, 0.1) is 11.7 Å². The lowest BCUT2D eigenvalue weighted by Gasteiger charge is -2.33. The highest BCUT2D eigenvalue weighted by Crippen LogP contribution is 2.48. The number of aliphatic carboxylic acids is 1. The molecule has 4 heterocycles. The number of carbonyl (C=O) groups is 2. The number of rotatable bonds is 5. The molecule has 0 radical (unpaired) electrons. The van der Waals surface area contributed by atoms with Gasteiger partial charge in [-0.05, 0) is 79.3 Å². The molecule has 1 amide bonds. The van der Waals surface area contributed by atoms with Crippen molar-refractivity contribution in [3.63, 3.8) is 0 Å². The Balaban J connectivity index is 1.24. The number of thiophene rings is 1. The van der Waals surface area contributed by atoms with Crippen LogP contribution in [0.3, 0.4) is 0 Å². The molecule has 37 heavy (non-hydrogen) atoms. The van der Waals surface area contributed by atoms with Crippen molar-refractivity contribution in [3.8, 4) is 11.3 Å². The fourth-order valence-corrected chi connectivity index (χ4v) is 6.61. The zero-order valence-corrected chi connectivity index (χ0v) is 21.0. The van der Waals surface area contributed by atoms with Crippen molar-refractivity contribution in [1.82, 2.24) is 19.5 Å². The number of hydrogen-bond donors (Lipinski definition) is 1. The molecule has 2 fully saturated rings. The van der Waals surface area contributed by atoms with Gasteiger partial charge in [-0.1, -0.05) is 6.07 Å². The highest BCUT2D eigenvalue weighted by Gasteiger charge is 2.44. The Morgan fingerprint density at radius 3 is 2.73 bits per heavy atom. The van der Waals surface area contributed by atoms with Crippen LogP contribution >= 0.6 is 11.3 Å². The smallest absolute Gasteiger partial charge is 0.307 e. The van der Waals surface area contributed by atoms with E-state index in [0.717, 1.165) is 25.0 Å². The molecule has 0 spiro atoms. The fraction of sp³-hybridized carbons (Fsp3) is 0.357. The maximum atomic E-state index is 15.2. The molecule has 3 aromatic heterocycles. The van der Waals surface area contributed by atoms with Crippen LogP contribution in [0.25, 0.3) is 16.9 Å². The number of hydrogen-bond acceptors (Lipinski definition) is 5. The summed E-state index contributed by atoms with van der Waals surface area (Å²) in [6.45, 7) is 2.72. The summed E-state index contributed by atoms with van der Waals surface area (Å²) in [6.07, 6.45) is 3.43. The number of amides is 1. The summed E-state index contributed by atoms with van der Waals surface area (Å²) in [4.78, 5) is 32.8. The predicted molar refractivity (Wildman–Crippen MR) is 136 cm³/mol. The second kappa shape index (κ2) is 8.21. The molecule has 9 heteroatoms. The summed E-state index contributed by atoms with van der Waals surface area (Å²) in [5.41, 5.74) is 4.55. The predicted octanol–water partition coefficient (Wildman–Crippen LogP) is 5.42. The summed E-state index contributed by atoms with van der Waals surface area (Å²) in [7, 11) is 0. The van der Waals surface area contributed by atoms with Crippen molar-refractivity contribution in [2.45, 2.75) is 50.5 Å². The van der Waals surface area contributed by atoms with Crippen molar-refractivity contribution in [1.29, 1.82) is 0 Å². The van der Waals surface area contributed by atoms with Crippen LogP contribution in [0.15, 0.2) is 41.8 Å². The van der Waals surface area contributed by atoms with Gasteiger partial charge < -0.3 is 10.0 Å². The van der Waals surface area contributed by atoms with Gasteiger partial charge in [0.25, 0.3) is 5.91 Å². The molecule has 188 valence electrons. The molecule has 1 N–H and O–H groups in total. The van der Waals surface area contributed by atoms with Gasteiger partial charge in [0.2, 0.25) is 0 Å². The zero-order chi connectivity index (χ0) is 25.4. The minimum atomic E-state index is -0.839. The van der Waals surface area contributed by atoms with Gasteiger partial charge in [0, 0.05) is 34.7 Å². The summed E-state index contributed by atoms with van der Waals surface area (Å²) in [6, 6.07) is 10.6. The Hall–Kier alpha value is -3.59. The second-order valence-electron chi connectivity index (χ2n) is 10.4. The lowest BCUT2D eigenvalue weighted by molar-refractivity contribution is -0.138. The maximum absolute atomic E-state index is 15.2. The van der Waals surface area contributed by atoms with Crippen LogP contribution in [-0.4, -0.2) is 43.0 Å². The third kappa shape index (κ3) is 3.75. The molecule has 7 nitrogen and oxygen atoms in total. The largest absolute Gasteiger partial charge is 0.481 e. The molecule has 0 saturated heterocycles. The van der Waals surface area contributed by atoms with E-state index < -0.39 is 17.7 Å². The molecule has 2 aliphatic carbocycles. The number of carbonyl (C=O) groups excluding carboxylic acids is 1. The van der Waals surface area contributed by atoms with E-state index in [1.807, 2.05) is 11.0 Å². The molecular weight excluding hydrogens is 491 g/mol. The van der Waals surface area contributed by atoms with Gasteiger partial charge in [-0.2, -0.15) is 5.10 Å². The van der Waals surface area contributed by atoms with Crippen LogP contribution in [-0.2, 0) is 11.2 Å². The molecule has 4 aromatic rings.